The molecule has 162 valence electrons. The number of nitrogens with zero attached hydrogens (tertiary/aromatic N) is 3. The molecule has 1 aliphatic rings. The first-order valence-electron chi connectivity index (χ1n) is 10.0. The number of anilines is 2. The molecule has 2 aromatic heterocycles. The second-order valence-corrected chi connectivity index (χ2v) is 8.21. The molecule has 1 fully saturated rings. The summed E-state index contributed by atoms with van der Waals surface area (Å²) >= 11 is 5.83. The lowest BCUT2D eigenvalue weighted by atomic mass is 9.88. The summed E-state index contributed by atoms with van der Waals surface area (Å²) in [5, 5.41) is 9.67. The molecule has 0 aliphatic carbocycles. The maximum absolute atomic E-state index is 14.3. The molecule has 0 saturated carbocycles. The molecule has 1 saturated heterocycles. The second-order valence-electron chi connectivity index (χ2n) is 7.80. The Hall–Kier alpha value is -3.00. The number of aromatic amines is 1. The van der Waals surface area contributed by atoms with Crippen molar-refractivity contribution in [3.05, 3.63) is 70.0 Å². The van der Waals surface area contributed by atoms with Gasteiger partial charge in [0.1, 0.15) is 0 Å². The van der Waals surface area contributed by atoms with Gasteiger partial charge >= 0.3 is 0 Å². The lowest BCUT2D eigenvalue weighted by Gasteiger charge is -2.37. The van der Waals surface area contributed by atoms with Crippen LogP contribution in [0.15, 0.2) is 36.4 Å². The van der Waals surface area contributed by atoms with Crippen LogP contribution in [0.2, 0.25) is 5.02 Å². The van der Waals surface area contributed by atoms with E-state index in [-0.39, 0.29) is 34.3 Å². The lowest BCUT2D eigenvalue weighted by molar-refractivity contribution is 0.0610. The van der Waals surface area contributed by atoms with E-state index >= 15 is 0 Å². The van der Waals surface area contributed by atoms with E-state index in [1.165, 1.54) is 18.2 Å². The van der Waals surface area contributed by atoms with Gasteiger partial charge in [0.25, 0.3) is 5.91 Å². The number of amides is 1. The number of piperidine rings is 1. The number of aromatic nitrogens is 3. The van der Waals surface area contributed by atoms with Crippen LogP contribution >= 0.6 is 11.6 Å². The van der Waals surface area contributed by atoms with Crippen LogP contribution in [-0.2, 0) is 0 Å². The third kappa shape index (κ3) is 4.39. The molecular formula is C22H22ClF2N5O. The third-order valence-electron chi connectivity index (χ3n) is 5.56. The van der Waals surface area contributed by atoms with Crippen molar-refractivity contribution in [3.63, 3.8) is 0 Å². The van der Waals surface area contributed by atoms with Crippen LogP contribution < -0.4 is 5.32 Å². The van der Waals surface area contributed by atoms with Gasteiger partial charge in [-0.3, -0.25) is 9.89 Å². The maximum Gasteiger partial charge on any atom is 0.257 e. The van der Waals surface area contributed by atoms with E-state index < -0.39 is 11.6 Å². The number of carbonyl (C=O) groups is 1. The van der Waals surface area contributed by atoms with Crippen molar-refractivity contribution in [1.82, 2.24) is 20.1 Å². The largest absolute Gasteiger partial charge is 0.336 e. The summed E-state index contributed by atoms with van der Waals surface area (Å²) in [4.78, 5) is 19.0. The average molecular weight is 446 g/mol. The molecule has 2 unspecified atom stereocenters. The number of pyridine rings is 1. The molecule has 1 aliphatic heterocycles. The number of benzene rings is 1. The summed E-state index contributed by atoms with van der Waals surface area (Å²) in [5.74, 6) is -0.913. The maximum atomic E-state index is 14.3. The van der Waals surface area contributed by atoms with E-state index in [4.69, 9.17) is 11.6 Å². The van der Waals surface area contributed by atoms with Crippen molar-refractivity contribution in [2.24, 2.45) is 0 Å². The van der Waals surface area contributed by atoms with E-state index in [2.05, 4.69) is 20.5 Å². The summed E-state index contributed by atoms with van der Waals surface area (Å²) in [5.41, 5.74) is 1.56. The van der Waals surface area contributed by atoms with Crippen LogP contribution in [0, 0.1) is 18.6 Å². The van der Waals surface area contributed by atoms with E-state index in [0.29, 0.717) is 25.2 Å². The van der Waals surface area contributed by atoms with Crippen molar-refractivity contribution >= 4 is 29.1 Å². The van der Waals surface area contributed by atoms with E-state index in [1.54, 1.807) is 23.1 Å². The number of hydrogen-bond acceptors (Lipinski definition) is 4. The topological polar surface area (TPSA) is 73.9 Å². The van der Waals surface area contributed by atoms with Gasteiger partial charge in [-0.1, -0.05) is 17.7 Å². The number of likely N-dealkylation sites (tertiary alicyclic amines) is 1. The predicted octanol–water partition coefficient (Wildman–Crippen LogP) is 5.20. The Morgan fingerprint density at radius 2 is 2.10 bits per heavy atom. The third-order valence-corrected chi connectivity index (χ3v) is 5.85. The molecule has 3 aromatic rings. The number of hydrogen-bond donors (Lipinski definition) is 2. The molecule has 0 bridgehead atoms. The monoisotopic (exact) mass is 445 g/mol. The molecule has 9 heteroatoms. The van der Waals surface area contributed by atoms with Gasteiger partial charge in [-0.25, -0.2) is 13.8 Å². The summed E-state index contributed by atoms with van der Waals surface area (Å²) < 4.78 is 28.6. The highest BCUT2D eigenvalue weighted by Gasteiger charge is 2.32. The second kappa shape index (κ2) is 8.63. The average Bonchev–Trinajstić information content (AvgIpc) is 3.16. The van der Waals surface area contributed by atoms with E-state index in [9.17, 15) is 13.6 Å². The Morgan fingerprint density at radius 3 is 2.81 bits per heavy atom. The molecule has 2 atom stereocenters. The number of halogens is 3. The standard InChI is InChI=1S/C22H22ClF2N5O/c1-12-10-19(29-28-12)27-21-17(24)6-7-18(26-21)14-8-9-30(13(2)11-14)22(31)15-4-3-5-16(23)20(15)25/h3-7,10,13-14H,8-9,11H2,1-2H3,(H2,26,27,28,29). The molecular weight excluding hydrogens is 424 g/mol. The van der Waals surface area contributed by atoms with Crippen molar-refractivity contribution in [1.29, 1.82) is 0 Å². The Labute approximate surface area is 183 Å². The fourth-order valence-corrected chi connectivity index (χ4v) is 4.12. The Balaban J connectivity index is 1.49. The van der Waals surface area contributed by atoms with Crippen LogP contribution in [0.4, 0.5) is 20.4 Å². The van der Waals surface area contributed by atoms with Gasteiger partial charge in [0.05, 0.1) is 10.6 Å². The zero-order valence-electron chi connectivity index (χ0n) is 17.1. The first-order valence-corrected chi connectivity index (χ1v) is 10.4. The van der Waals surface area contributed by atoms with Crippen molar-refractivity contribution in [3.8, 4) is 0 Å². The minimum absolute atomic E-state index is 0.0292. The zero-order valence-corrected chi connectivity index (χ0v) is 17.9. The number of carbonyl (C=O) groups excluding carboxylic acids is 1. The number of rotatable bonds is 4. The highest BCUT2D eigenvalue weighted by molar-refractivity contribution is 6.31. The molecule has 0 spiro atoms. The fourth-order valence-electron chi connectivity index (χ4n) is 3.94. The van der Waals surface area contributed by atoms with Gasteiger partial charge < -0.3 is 10.2 Å². The fraction of sp³-hybridized carbons (Fsp3) is 0.318. The van der Waals surface area contributed by atoms with E-state index in [0.717, 1.165) is 11.4 Å². The Kier molecular flexibility index (Phi) is 5.91. The zero-order chi connectivity index (χ0) is 22.1. The minimum atomic E-state index is -0.701. The van der Waals surface area contributed by atoms with Gasteiger partial charge in [0.2, 0.25) is 0 Å². The lowest BCUT2D eigenvalue weighted by Crippen LogP contribution is -2.44. The summed E-state index contributed by atoms with van der Waals surface area (Å²) in [6.07, 6.45) is 1.27. The van der Waals surface area contributed by atoms with Gasteiger partial charge in [-0.05, 0) is 51.0 Å². The van der Waals surface area contributed by atoms with Crippen molar-refractivity contribution < 1.29 is 13.6 Å². The molecule has 4 rings (SSSR count). The van der Waals surface area contributed by atoms with Crippen LogP contribution in [0.5, 0.6) is 0 Å². The van der Waals surface area contributed by atoms with Crippen LogP contribution in [0.1, 0.15) is 47.4 Å². The highest BCUT2D eigenvalue weighted by Crippen LogP contribution is 2.33. The first kappa shape index (κ1) is 21.2. The number of nitrogens with one attached hydrogen (secondary N) is 2. The van der Waals surface area contributed by atoms with Crippen molar-refractivity contribution in [2.75, 3.05) is 11.9 Å². The molecule has 3 heterocycles. The van der Waals surface area contributed by atoms with Gasteiger partial charge in [-0.15, -0.1) is 0 Å². The van der Waals surface area contributed by atoms with Gasteiger partial charge in [0.15, 0.2) is 23.3 Å². The van der Waals surface area contributed by atoms with Gasteiger partial charge in [-0.2, -0.15) is 5.10 Å². The quantitative estimate of drug-likeness (QED) is 0.579. The highest BCUT2D eigenvalue weighted by atomic mass is 35.5. The van der Waals surface area contributed by atoms with Crippen LogP contribution in [0.3, 0.4) is 0 Å². The molecule has 0 radical (unpaired) electrons. The molecule has 1 amide bonds. The first-order chi connectivity index (χ1) is 14.8. The predicted molar refractivity (Wildman–Crippen MR) is 115 cm³/mol. The number of aryl methyl sites for hydroxylation is 1. The van der Waals surface area contributed by atoms with Crippen molar-refractivity contribution in [2.45, 2.75) is 38.6 Å². The van der Waals surface area contributed by atoms with Crippen LogP contribution in [0.25, 0.3) is 0 Å². The molecule has 1 aromatic carbocycles. The molecule has 31 heavy (non-hydrogen) atoms. The van der Waals surface area contributed by atoms with E-state index in [1.807, 2.05) is 13.8 Å². The summed E-state index contributed by atoms with van der Waals surface area (Å²) in [6.45, 7) is 4.21. The minimum Gasteiger partial charge on any atom is -0.336 e. The summed E-state index contributed by atoms with van der Waals surface area (Å²) in [7, 11) is 0. The normalized spacial score (nSPS) is 18.8. The Bertz CT molecular complexity index is 1120. The smallest absolute Gasteiger partial charge is 0.257 e. The molecule has 2 N–H and O–H groups in total. The SMILES string of the molecule is Cc1cc(Nc2nc(C3CCN(C(=O)c4cccc(Cl)c4F)C(C)C3)ccc2F)n[nH]1. The number of H-pyrrole nitrogens is 1. The Morgan fingerprint density at radius 1 is 1.29 bits per heavy atom. The van der Waals surface area contributed by atoms with Crippen LogP contribution in [-0.4, -0.2) is 38.6 Å². The molecule has 6 nitrogen and oxygen atoms in total. The summed E-state index contributed by atoms with van der Waals surface area (Å²) in [6, 6.07) is 9.10. The van der Waals surface area contributed by atoms with Gasteiger partial charge in [0, 0.05) is 36.0 Å².